The zero-order chi connectivity index (χ0) is 18.5. The molecule has 0 bridgehead atoms. The molecule has 1 aliphatic carbocycles. The number of benzene rings is 1. The second-order valence-corrected chi connectivity index (χ2v) is 8.35. The van der Waals surface area contributed by atoms with E-state index < -0.39 is 15.4 Å². The first-order valence-corrected chi connectivity index (χ1v) is 9.95. The number of nitrogens with zero attached hydrogens (tertiary/aromatic N) is 2. The molecule has 2 aromatic heterocycles. The van der Waals surface area contributed by atoms with Crippen LogP contribution < -0.4 is 10.9 Å². The van der Waals surface area contributed by atoms with Crippen molar-refractivity contribution in [2.24, 2.45) is 5.92 Å². The number of para-hydroxylation sites is 1. The molecule has 2 heterocycles. The predicted molar refractivity (Wildman–Crippen MR) is 96.2 cm³/mol. The number of rotatable bonds is 4. The van der Waals surface area contributed by atoms with Crippen molar-refractivity contribution in [1.29, 1.82) is 0 Å². The quantitative estimate of drug-likeness (QED) is 0.720. The fourth-order valence-electron chi connectivity index (χ4n) is 2.81. The van der Waals surface area contributed by atoms with E-state index in [1.807, 2.05) is 0 Å². The summed E-state index contributed by atoms with van der Waals surface area (Å²) in [6.45, 7) is 0. The van der Waals surface area contributed by atoms with Crippen LogP contribution in [-0.4, -0.2) is 35.3 Å². The monoisotopic (exact) mass is 372 g/mol. The Bertz CT molecular complexity index is 1190. The fourth-order valence-corrected chi connectivity index (χ4v) is 3.68. The minimum absolute atomic E-state index is 0.0203. The van der Waals surface area contributed by atoms with Crippen LogP contribution in [-0.2, 0) is 14.6 Å². The minimum atomic E-state index is -3.50. The Morgan fingerprint density at radius 2 is 2.04 bits per heavy atom. The molecular formula is C17H16N4O4S. The Hall–Kier alpha value is -2.94. The number of sulfone groups is 1. The molecule has 9 heteroatoms. The third kappa shape index (κ3) is 2.90. The molecule has 1 amide bonds. The molecular weight excluding hydrogens is 356 g/mol. The molecule has 26 heavy (non-hydrogen) atoms. The maximum absolute atomic E-state index is 12.2. The third-order valence-corrected chi connectivity index (χ3v) is 5.43. The SMILES string of the molecule is CS(=O)(=O)c1ccccc1-n1[nH]c(=O)c2cnc(NC(=O)C3CC3)cc21. The van der Waals surface area contributed by atoms with Crippen LogP contribution in [0.2, 0.25) is 0 Å². The predicted octanol–water partition coefficient (Wildman–Crippen LogP) is 1.47. The molecule has 3 aromatic rings. The lowest BCUT2D eigenvalue weighted by atomic mass is 10.3. The van der Waals surface area contributed by atoms with E-state index in [-0.39, 0.29) is 16.7 Å². The molecule has 1 aromatic carbocycles. The summed E-state index contributed by atoms with van der Waals surface area (Å²) >= 11 is 0. The van der Waals surface area contributed by atoms with Gasteiger partial charge in [-0.3, -0.25) is 19.4 Å². The van der Waals surface area contributed by atoms with Crippen LogP contribution in [0, 0.1) is 5.92 Å². The van der Waals surface area contributed by atoms with Crippen molar-refractivity contribution in [1.82, 2.24) is 14.8 Å². The lowest BCUT2D eigenvalue weighted by Gasteiger charge is -2.10. The first-order valence-electron chi connectivity index (χ1n) is 8.06. The second kappa shape index (κ2) is 5.80. The number of pyridine rings is 1. The van der Waals surface area contributed by atoms with E-state index >= 15 is 0 Å². The molecule has 1 aliphatic rings. The topological polar surface area (TPSA) is 114 Å². The van der Waals surface area contributed by atoms with E-state index in [4.69, 9.17) is 0 Å². The zero-order valence-corrected chi connectivity index (χ0v) is 14.7. The Kier molecular flexibility index (Phi) is 3.69. The van der Waals surface area contributed by atoms with Gasteiger partial charge >= 0.3 is 0 Å². The lowest BCUT2D eigenvalue weighted by molar-refractivity contribution is -0.117. The number of anilines is 1. The summed E-state index contributed by atoms with van der Waals surface area (Å²) in [5.74, 6) is 0.240. The van der Waals surface area contributed by atoms with Crippen molar-refractivity contribution >= 4 is 32.5 Å². The highest BCUT2D eigenvalue weighted by atomic mass is 32.2. The van der Waals surface area contributed by atoms with E-state index in [0.29, 0.717) is 22.4 Å². The average molecular weight is 372 g/mol. The second-order valence-electron chi connectivity index (χ2n) is 6.37. The van der Waals surface area contributed by atoms with E-state index in [2.05, 4.69) is 15.4 Å². The van der Waals surface area contributed by atoms with Crippen molar-refractivity contribution in [3.8, 4) is 5.69 Å². The lowest BCUT2D eigenvalue weighted by Crippen LogP contribution is -2.14. The van der Waals surface area contributed by atoms with Gasteiger partial charge in [0.15, 0.2) is 9.84 Å². The van der Waals surface area contributed by atoms with Gasteiger partial charge in [0.25, 0.3) is 5.56 Å². The number of carbonyl (C=O) groups is 1. The molecule has 1 fully saturated rings. The molecule has 4 rings (SSSR count). The largest absolute Gasteiger partial charge is 0.310 e. The highest BCUT2D eigenvalue weighted by molar-refractivity contribution is 7.90. The summed E-state index contributed by atoms with van der Waals surface area (Å²) in [6, 6.07) is 7.95. The van der Waals surface area contributed by atoms with Crippen molar-refractivity contribution in [3.05, 3.63) is 46.9 Å². The van der Waals surface area contributed by atoms with Crippen LogP contribution >= 0.6 is 0 Å². The molecule has 0 unspecified atom stereocenters. The number of carbonyl (C=O) groups excluding carboxylic acids is 1. The average Bonchev–Trinajstić information content (AvgIpc) is 3.39. The summed E-state index contributed by atoms with van der Waals surface area (Å²) < 4.78 is 25.6. The zero-order valence-electron chi connectivity index (χ0n) is 13.9. The summed E-state index contributed by atoms with van der Waals surface area (Å²) in [5, 5.41) is 5.68. The maximum Gasteiger partial charge on any atom is 0.273 e. The molecule has 0 spiro atoms. The van der Waals surface area contributed by atoms with Crippen LogP contribution in [0.1, 0.15) is 12.8 Å². The van der Waals surface area contributed by atoms with Crippen LogP contribution in [0.3, 0.4) is 0 Å². The van der Waals surface area contributed by atoms with Crippen molar-refractivity contribution < 1.29 is 13.2 Å². The molecule has 0 aliphatic heterocycles. The standard InChI is InChI=1S/C17H16N4O4S/c1-26(24,25)14-5-3-2-4-12(14)21-13-8-15(19-16(22)10-6-7-10)18-9-11(13)17(23)20-21/h2-5,8-10H,6-7H2,1H3,(H,20,23)(H,18,19,22). The smallest absolute Gasteiger partial charge is 0.273 e. The van der Waals surface area contributed by atoms with E-state index in [1.54, 1.807) is 24.3 Å². The molecule has 2 N–H and O–H groups in total. The van der Waals surface area contributed by atoms with Gasteiger partial charge in [-0.15, -0.1) is 0 Å². The number of nitrogens with one attached hydrogen (secondary N) is 2. The van der Waals surface area contributed by atoms with Crippen LogP contribution in [0.4, 0.5) is 5.82 Å². The Morgan fingerprint density at radius 3 is 2.73 bits per heavy atom. The van der Waals surface area contributed by atoms with E-state index in [0.717, 1.165) is 19.1 Å². The highest BCUT2D eigenvalue weighted by Crippen LogP contribution is 2.30. The highest BCUT2D eigenvalue weighted by Gasteiger charge is 2.30. The molecule has 0 atom stereocenters. The molecule has 134 valence electrons. The first-order chi connectivity index (χ1) is 12.3. The van der Waals surface area contributed by atoms with E-state index in [9.17, 15) is 18.0 Å². The number of fused-ring (bicyclic) bond motifs is 1. The third-order valence-electron chi connectivity index (χ3n) is 4.29. The van der Waals surface area contributed by atoms with Gasteiger partial charge in [-0.25, -0.2) is 13.4 Å². The van der Waals surface area contributed by atoms with Crippen molar-refractivity contribution in [2.45, 2.75) is 17.7 Å². The first kappa shape index (κ1) is 16.5. The number of amides is 1. The van der Waals surface area contributed by atoms with Gasteiger partial charge in [0.05, 0.1) is 21.5 Å². The normalized spacial score (nSPS) is 14.5. The van der Waals surface area contributed by atoms with Crippen molar-refractivity contribution in [3.63, 3.8) is 0 Å². The fraction of sp³-hybridized carbons (Fsp3) is 0.235. The summed E-state index contributed by atoms with van der Waals surface area (Å²) in [5.41, 5.74) is 0.371. The minimum Gasteiger partial charge on any atom is -0.310 e. The van der Waals surface area contributed by atoms with Gasteiger partial charge in [0, 0.05) is 24.4 Å². The Labute approximate surface area is 148 Å². The number of H-pyrrole nitrogens is 1. The molecule has 8 nitrogen and oxygen atoms in total. The number of hydrogen-bond donors (Lipinski definition) is 2. The number of aromatic nitrogens is 3. The van der Waals surface area contributed by atoms with Crippen LogP contribution in [0.15, 0.2) is 46.2 Å². The Morgan fingerprint density at radius 1 is 1.31 bits per heavy atom. The van der Waals surface area contributed by atoms with Crippen LogP contribution in [0.5, 0.6) is 0 Å². The Balaban J connectivity index is 1.88. The summed E-state index contributed by atoms with van der Waals surface area (Å²) in [7, 11) is -3.50. The molecule has 0 saturated heterocycles. The van der Waals surface area contributed by atoms with Gasteiger partial charge in [0.2, 0.25) is 5.91 Å². The molecule has 1 saturated carbocycles. The molecule has 0 radical (unpaired) electrons. The van der Waals surface area contributed by atoms with Gasteiger partial charge in [-0.05, 0) is 25.0 Å². The van der Waals surface area contributed by atoms with Gasteiger partial charge in [-0.2, -0.15) is 0 Å². The summed E-state index contributed by atoms with van der Waals surface area (Å²) in [4.78, 5) is 28.4. The van der Waals surface area contributed by atoms with Gasteiger partial charge in [-0.1, -0.05) is 12.1 Å². The van der Waals surface area contributed by atoms with Crippen molar-refractivity contribution in [2.75, 3.05) is 11.6 Å². The summed E-state index contributed by atoms with van der Waals surface area (Å²) in [6.07, 6.45) is 4.21. The number of aromatic amines is 1. The van der Waals surface area contributed by atoms with Gasteiger partial charge in [0.1, 0.15) is 5.82 Å². The number of hydrogen-bond acceptors (Lipinski definition) is 5. The van der Waals surface area contributed by atoms with E-state index in [1.165, 1.54) is 16.9 Å². The van der Waals surface area contributed by atoms with Gasteiger partial charge < -0.3 is 5.32 Å². The van der Waals surface area contributed by atoms with Crippen LogP contribution in [0.25, 0.3) is 16.6 Å². The maximum atomic E-state index is 12.2.